The molecule has 0 saturated heterocycles. The van der Waals surface area contributed by atoms with Crippen molar-refractivity contribution in [2.45, 2.75) is 6.54 Å². The van der Waals surface area contributed by atoms with Crippen molar-refractivity contribution in [3.63, 3.8) is 0 Å². The van der Waals surface area contributed by atoms with Crippen molar-refractivity contribution in [1.29, 1.82) is 0 Å². The molecule has 22 heavy (non-hydrogen) atoms. The zero-order valence-corrected chi connectivity index (χ0v) is 12.2. The van der Waals surface area contributed by atoms with Crippen LogP contribution in [-0.4, -0.2) is 18.9 Å². The second-order valence-corrected chi connectivity index (χ2v) is 5.46. The van der Waals surface area contributed by atoms with Crippen LogP contribution in [0.1, 0.15) is 5.69 Å². The Hall–Kier alpha value is -2.66. The standard InChI is InChI=1S/C16H11ClN4O/c17-11-5-6-15-19-12(7-16(22)21(15)8-11)9-20-10-18-13-3-1-2-4-14(13)20/h1-8,10H,9H2. The van der Waals surface area contributed by atoms with E-state index in [4.69, 9.17) is 11.6 Å². The first-order chi connectivity index (χ1) is 10.7. The van der Waals surface area contributed by atoms with Crippen LogP contribution in [0, 0.1) is 0 Å². The molecule has 0 fully saturated rings. The lowest BCUT2D eigenvalue weighted by atomic mass is 10.3. The molecular weight excluding hydrogens is 300 g/mol. The Labute approximate surface area is 130 Å². The molecule has 0 atom stereocenters. The van der Waals surface area contributed by atoms with Gasteiger partial charge in [0, 0.05) is 12.3 Å². The number of hydrogen-bond donors (Lipinski definition) is 0. The predicted molar refractivity (Wildman–Crippen MR) is 85.3 cm³/mol. The van der Waals surface area contributed by atoms with Gasteiger partial charge in [-0.3, -0.25) is 9.20 Å². The number of pyridine rings is 1. The summed E-state index contributed by atoms with van der Waals surface area (Å²) < 4.78 is 3.42. The molecule has 0 saturated carbocycles. The van der Waals surface area contributed by atoms with Crippen LogP contribution in [0.5, 0.6) is 0 Å². The van der Waals surface area contributed by atoms with Crippen molar-refractivity contribution in [3.05, 3.63) is 76.1 Å². The second kappa shape index (κ2) is 4.96. The minimum absolute atomic E-state index is 0.146. The fraction of sp³-hybridized carbons (Fsp3) is 0.0625. The average Bonchev–Trinajstić information content (AvgIpc) is 2.92. The number of nitrogens with zero attached hydrogens (tertiary/aromatic N) is 4. The van der Waals surface area contributed by atoms with E-state index in [-0.39, 0.29) is 5.56 Å². The molecule has 0 aliphatic heterocycles. The van der Waals surface area contributed by atoms with Crippen LogP contribution < -0.4 is 5.56 Å². The van der Waals surface area contributed by atoms with Gasteiger partial charge in [-0.25, -0.2) is 9.97 Å². The summed E-state index contributed by atoms with van der Waals surface area (Å²) in [6, 6.07) is 12.8. The molecule has 0 aliphatic rings. The topological polar surface area (TPSA) is 52.2 Å². The van der Waals surface area contributed by atoms with E-state index in [0.29, 0.717) is 22.9 Å². The summed E-state index contributed by atoms with van der Waals surface area (Å²) in [6.45, 7) is 0.495. The van der Waals surface area contributed by atoms with Crippen LogP contribution in [0.25, 0.3) is 16.7 Å². The molecule has 108 valence electrons. The van der Waals surface area contributed by atoms with Crippen LogP contribution in [0.4, 0.5) is 0 Å². The molecule has 0 N–H and O–H groups in total. The lowest BCUT2D eigenvalue weighted by Crippen LogP contribution is -2.16. The Morgan fingerprint density at radius 2 is 2.00 bits per heavy atom. The minimum atomic E-state index is -0.146. The molecule has 4 rings (SSSR count). The maximum atomic E-state index is 12.2. The maximum absolute atomic E-state index is 12.2. The summed E-state index contributed by atoms with van der Waals surface area (Å²) in [5.74, 6) is 0. The van der Waals surface area contributed by atoms with E-state index < -0.39 is 0 Å². The van der Waals surface area contributed by atoms with Crippen LogP contribution in [-0.2, 0) is 6.54 Å². The van der Waals surface area contributed by atoms with Gasteiger partial charge in [-0.15, -0.1) is 0 Å². The fourth-order valence-electron chi connectivity index (χ4n) is 2.52. The lowest BCUT2D eigenvalue weighted by molar-refractivity contribution is 0.791. The number of imidazole rings is 1. The number of rotatable bonds is 2. The number of para-hydroxylation sites is 2. The van der Waals surface area contributed by atoms with Crippen LogP contribution in [0.15, 0.2) is 59.8 Å². The quantitative estimate of drug-likeness (QED) is 0.572. The van der Waals surface area contributed by atoms with E-state index in [2.05, 4.69) is 9.97 Å². The summed E-state index contributed by atoms with van der Waals surface area (Å²) in [5, 5.41) is 0.504. The highest BCUT2D eigenvalue weighted by Gasteiger charge is 2.06. The first-order valence-corrected chi connectivity index (χ1v) is 7.16. The normalized spacial score (nSPS) is 11.3. The number of aromatic nitrogens is 4. The molecule has 6 heteroatoms. The first kappa shape index (κ1) is 13.0. The third-order valence-corrected chi connectivity index (χ3v) is 3.76. The largest absolute Gasteiger partial charge is 0.324 e. The van der Waals surface area contributed by atoms with Gasteiger partial charge < -0.3 is 4.57 Å². The molecule has 1 aromatic carbocycles. The van der Waals surface area contributed by atoms with E-state index in [9.17, 15) is 4.79 Å². The molecule has 3 heterocycles. The molecular formula is C16H11ClN4O. The number of hydrogen-bond acceptors (Lipinski definition) is 3. The highest BCUT2D eigenvalue weighted by atomic mass is 35.5. The molecule has 0 aliphatic carbocycles. The third kappa shape index (κ3) is 2.16. The Balaban J connectivity index is 1.82. The zero-order chi connectivity index (χ0) is 15.1. The molecule has 0 bridgehead atoms. The van der Waals surface area contributed by atoms with Crippen LogP contribution >= 0.6 is 11.6 Å². The van der Waals surface area contributed by atoms with Gasteiger partial charge in [0.1, 0.15) is 5.65 Å². The highest BCUT2D eigenvalue weighted by Crippen LogP contribution is 2.14. The summed E-state index contributed by atoms with van der Waals surface area (Å²) in [6.07, 6.45) is 3.33. The average molecular weight is 311 g/mol. The summed E-state index contributed by atoms with van der Waals surface area (Å²) in [7, 11) is 0. The van der Waals surface area contributed by atoms with Gasteiger partial charge in [-0.05, 0) is 24.3 Å². The van der Waals surface area contributed by atoms with Crippen LogP contribution in [0.3, 0.4) is 0 Å². The molecule has 5 nitrogen and oxygen atoms in total. The van der Waals surface area contributed by atoms with Crippen molar-refractivity contribution in [1.82, 2.24) is 18.9 Å². The number of fused-ring (bicyclic) bond motifs is 2. The predicted octanol–water partition coefficient (Wildman–Crippen LogP) is 2.75. The smallest absolute Gasteiger partial charge is 0.258 e. The maximum Gasteiger partial charge on any atom is 0.258 e. The van der Waals surface area contributed by atoms with E-state index in [0.717, 1.165) is 11.0 Å². The molecule has 4 aromatic rings. The Bertz CT molecular complexity index is 1050. The first-order valence-electron chi connectivity index (χ1n) is 6.78. The third-order valence-electron chi connectivity index (χ3n) is 3.54. The van der Waals surface area contributed by atoms with Crippen molar-refractivity contribution in [3.8, 4) is 0 Å². The van der Waals surface area contributed by atoms with Gasteiger partial charge in [0.2, 0.25) is 0 Å². The molecule has 0 radical (unpaired) electrons. The number of halogens is 1. The van der Waals surface area contributed by atoms with Crippen LogP contribution in [0.2, 0.25) is 5.02 Å². The van der Waals surface area contributed by atoms with Crippen molar-refractivity contribution < 1.29 is 0 Å². The minimum Gasteiger partial charge on any atom is -0.324 e. The van der Waals surface area contributed by atoms with Gasteiger partial charge in [-0.1, -0.05) is 23.7 Å². The van der Waals surface area contributed by atoms with E-state index in [1.807, 2.05) is 28.8 Å². The number of benzene rings is 1. The Kier molecular flexibility index (Phi) is 2.94. The molecule has 0 unspecified atom stereocenters. The second-order valence-electron chi connectivity index (χ2n) is 5.02. The van der Waals surface area contributed by atoms with Crippen molar-refractivity contribution in [2.75, 3.05) is 0 Å². The lowest BCUT2D eigenvalue weighted by Gasteiger charge is -2.06. The van der Waals surface area contributed by atoms with Gasteiger partial charge in [0.05, 0.1) is 34.6 Å². The Morgan fingerprint density at radius 1 is 1.14 bits per heavy atom. The SMILES string of the molecule is O=c1cc(Cn2cnc3ccccc32)nc2ccc(Cl)cn12. The van der Waals surface area contributed by atoms with E-state index in [1.54, 1.807) is 24.7 Å². The monoisotopic (exact) mass is 310 g/mol. The molecule has 0 spiro atoms. The summed E-state index contributed by atoms with van der Waals surface area (Å²) >= 11 is 5.91. The van der Waals surface area contributed by atoms with Gasteiger partial charge in [0.15, 0.2) is 0 Å². The zero-order valence-electron chi connectivity index (χ0n) is 11.5. The van der Waals surface area contributed by atoms with Crippen molar-refractivity contribution in [2.24, 2.45) is 0 Å². The van der Waals surface area contributed by atoms with E-state index >= 15 is 0 Å². The fourth-order valence-corrected chi connectivity index (χ4v) is 2.68. The Morgan fingerprint density at radius 3 is 2.91 bits per heavy atom. The summed E-state index contributed by atoms with van der Waals surface area (Å²) in [5.41, 5.74) is 3.06. The van der Waals surface area contributed by atoms with Gasteiger partial charge in [0.25, 0.3) is 5.56 Å². The summed E-state index contributed by atoms with van der Waals surface area (Å²) in [4.78, 5) is 21.0. The van der Waals surface area contributed by atoms with Gasteiger partial charge in [-0.2, -0.15) is 0 Å². The molecule has 3 aromatic heterocycles. The highest BCUT2D eigenvalue weighted by molar-refractivity contribution is 6.30. The van der Waals surface area contributed by atoms with E-state index in [1.165, 1.54) is 10.5 Å². The molecule has 0 amide bonds. The van der Waals surface area contributed by atoms with Crippen molar-refractivity contribution >= 4 is 28.3 Å². The van der Waals surface area contributed by atoms with Gasteiger partial charge >= 0.3 is 0 Å².